The summed E-state index contributed by atoms with van der Waals surface area (Å²) in [6.45, 7) is 0. The van der Waals surface area contributed by atoms with Gasteiger partial charge >= 0.3 is 5.97 Å². The number of nitrogens with two attached hydrogens (primary N) is 1. The van der Waals surface area contributed by atoms with Gasteiger partial charge in [0.15, 0.2) is 0 Å². The Hall–Kier alpha value is -1.43. The van der Waals surface area contributed by atoms with Crippen LogP contribution in [0.4, 0.5) is 0 Å². The van der Waals surface area contributed by atoms with Crippen LogP contribution in [0.3, 0.4) is 0 Å². The number of hydrogen-bond acceptors (Lipinski definition) is 4. The average molecular weight is 142 g/mol. The van der Waals surface area contributed by atoms with Gasteiger partial charge in [0.1, 0.15) is 11.7 Å². The molecular formula is C4H6N4O2. The number of nitrogens with zero attached hydrogens (tertiary/aromatic N) is 2. The van der Waals surface area contributed by atoms with Gasteiger partial charge in [0.05, 0.1) is 6.20 Å². The van der Waals surface area contributed by atoms with E-state index >= 15 is 0 Å². The molecule has 6 heteroatoms. The van der Waals surface area contributed by atoms with E-state index in [2.05, 4.69) is 15.4 Å². The van der Waals surface area contributed by atoms with Gasteiger partial charge in [0.2, 0.25) is 0 Å². The zero-order valence-electron chi connectivity index (χ0n) is 4.98. The lowest BCUT2D eigenvalue weighted by Gasteiger charge is -1.97. The van der Waals surface area contributed by atoms with Gasteiger partial charge in [-0.1, -0.05) is 0 Å². The molecule has 10 heavy (non-hydrogen) atoms. The third-order valence-electron chi connectivity index (χ3n) is 1.02. The van der Waals surface area contributed by atoms with Crippen molar-refractivity contribution in [3.8, 4) is 0 Å². The highest BCUT2D eigenvalue weighted by atomic mass is 16.4. The molecule has 1 unspecified atom stereocenters. The molecule has 0 fully saturated rings. The number of rotatable bonds is 2. The highest BCUT2D eigenvalue weighted by Crippen LogP contribution is 2.02. The van der Waals surface area contributed by atoms with Gasteiger partial charge in [-0.15, -0.1) is 0 Å². The number of carboxylic acid groups (broad SMARTS) is 1. The lowest BCUT2D eigenvalue weighted by molar-refractivity contribution is -0.138. The van der Waals surface area contributed by atoms with Crippen LogP contribution in [0.1, 0.15) is 11.7 Å². The van der Waals surface area contributed by atoms with E-state index in [0.717, 1.165) is 0 Å². The monoisotopic (exact) mass is 142 g/mol. The number of carbonyl (C=O) groups is 1. The predicted octanol–water partition coefficient (Wildman–Crippen LogP) is -1.11. The van der Waals surface area contributed by atoms with Crippen LogP contribution in [0.25, 0.3) is 0 Å². The predicted molar refractivity (Wildman–Crippen MR) is 30.9 cm³/mol. The van der Waals surface area contributed by atoms with Crippen LogP contribution in [0, 0.1) is 0 Å². The molecular weight excluding hydrogens is 136 g/mol. The van der Waals surface area contributed by atoms with Gasteiger partial charge in [-0.3, -0.25) is 4.79 Å². The van der Waals surface area contributed by atoms with E-state index in [4.69, 9.17) is 10.8 Å². The molecule has 1 aromatic rings. The van der Waals surface area contributed by atoms with E-state index in [1.54, 1.807) is 0 Å². The van der Waals surface area contributed by atoms with E-state index in [-0.39, 0.29) is 5.69 Å². The van der Waals surface area contributed by atoms with Crippen LogP contribution in [0.5, 0.6) is 0 Å². The highest BCUT2D eigenvalue weighted by Gasteiger charge is 2.15. The second kappa shape index (κ2) is 2.44. The minimum atomic E-state index is -1.12. The number of hydrogen-bond donors (Lipinski definition) is 3. The van der Waals surface area contributed by atoms with Crippen LogP contribution in [0.15, 0.2) is 6.20 Å². The molecule has 0 aliphatic carbocycles. The Kier molecular flexibility index (Phi) is 1.63. The first-order valence-electron chi connectivity index (χ1n) is 2.56. The normalized spacial score (nSPS) is 12.9. The largest absolute Gasteiger partial charge is 0.480 e. The Bertz CT molecular complexity index is 219. The summed E-state index contributed by atoms with van der Waals surface area (Å²) in [4.78, 5) is 10.2. The van der Waals surface area contributed by atoms with Crippen molar-refractivity contribution in [1.82, 2.24) is 15.4 Å². The first-order valence-corrected chi connectivity index (χ1v) is 2.56. The van der Waals surface area contributed by atoms with E-state index in [1.165, 1.54) is 6.20 Å². The average Bonchev–Trinajstić information content (AvgIpc) is 2.36. The maximum atomic E-state index is 10.2. The molecule has 0 aliphatic rings. The smallest absolute Gasteiger partial charge is 0.326 e. The maximum Gasteiger partial charge on any atom is 0.326 e. The molecule has 0 saturated heterocycles. The van der Waals surface area contributed by atoms with Gasteiger partial charge in [0, 0.05) is 0 Å². The van der Waals surface area contributed by atoms with E-state index in [9.17, 15) is 4.79 Å². The molecule has 0 amide bonds. The molecule has 0 saturated carbocycles. The third-order valence-corrected chi connectivity index (χ3v) is 1.02. The van der Waals surface area contributed by atoms with Crippen molar-refractivity contribution in [1.29, 1.82) is 0 Å². The van der Waals surface area contributed by atoms with Crippen LogP contribution in [0.2, 0.25) is 0 Å². The zero-order chi connectivity index (χ0) is 7.56. The Morgan fingerprint density at radius 2 is 2.60 bits per heavy atom. The fourth-order valence-corrected chi connectivity index (χ4v) is 0.487. The Morgan fingerprint density at radius 3 is 3.00 bits per heavy atom. The molecule has 0 radical (unpaired) electrons. The summed E-state index contributed by atoms with van der Waals surface area (Å²) >= 11 is 0. The number of aliphatic carboxylic acids is 1. The maximum absolute atomic E-state index is 10.2. The summed E-state index contributed by atoms with van der Waals surface area (Å²) in [6.07, 6.45) is 1.28. The van der Waals surface area contributed by atoms with Crippen molar-refractivity contribution < 1.29 is 9.90 Å². The summed E-state index contributed by atoms with van der Waals surface area (Å²) in [7, 11) is 0. The summed E-state index contributed by atoms with van der Waals surface area (Å²) in [5.74, 6) is -1.12. The van der Waals surface area contributed by atoms with Crippen molar-refractivity contribution in [2.75, 3.05) is 0 Å². The van der Waals surface area contributed by atoms with Crippen molar-refractivity contribution in [3.05, 3.63) is 11.9 Å². The highest BCUT2D eigenvalue weighted by molar-refractivity contribution is 5.74. The molecule has 0 bridgehead atoms. The zero-order valence-corrected chi connectivity index (χ0v) is 4.98. The molecule has 0 spiro atoms. The lowest BCUT2D eigenvalue weighted by atomic mass is 10.2. The second-order valence-electron chi connectivity index (χ2n) is 1.71. The fraction of sp³-hybridized carbons (Fsp3) is 0.250. The van der Waals surface area contributed by atoms with Crippen molar-refractivity contribution in [2.24, 2.45) is 5.73 Å². The molecule has 0 aliphatic heterocycles. The van der Waals surface area contributed by atoms with Crippen molar-refractivity contribution >= 4 is 5.97 Å². The van der Waals surface area contributed by atoms with Gasteiger partial charge < -0.3 is 10.8 Å². The Morgan fingerprint density at radius 1 is 1.90 bits per heavy atom. The van der Waals surface area contributed by atoms with Crippen molar-refractivity contribution in [2.45, 2.75) is 6.04 Å². The molecule has 4 N–H and O–H groups in total. The number of aromatic nitrogens is 3. The standard InChI is InChI=1S/C4H6N4O2/c5-3(4(9)10)2-1-6-8-7-2/h1,3H,5H2,(H,9,10)(H,6,7,8). The molecule has 1 rings (SSSR count). The first-order chi connectivity index (χ1) is 4.72. The van der Waals surface area contributed by atoms with Crippen molar-refractivity contribution in [3.63, 3.8) is 0 Å². The molecule has 1 aromatic heterocycles. The fourth-order valence-electron chi connectivity index (χ4n) is 0.487. The van der Waals surface area contributed by atoms with E-state index < -0.39 is 12.0 Å². The second-order valence-corrected chi connectivity index (χ2v) is 1.71. The first kappa shape index (κ1) is 6.69. The summed E-state index contributed by atoms with van der Waals surface area (Å²) < 4.78 is 0. The number of H-pyrrole nitrogens is 1. The summed E-state index contributed by atoms with van der Waals surface area (Å²) in [6, 6.07) is -1.08. The molecule has 1 heterocycles. The van der Waals surface area contributed by atoms with Gasteiger partial charge in [-0.2, -0.15) is 15.4 Å². The number of aromatic amines is 1. The Labute approximate surface area is 56.0 Å². The van der Waals surface area contributed by atoms with E-state index in [0.29, 0.717) is 0 Å². The Balaban J connectivity index is 2.77. The summed E-state index contributed by atoms with van der Waals surface area (Å²) in [5, 5.41) is 17.5. The van der Waals surface area contributed by atoms with Crippen LogP contribution in [-0.4, -0.2) is 26.5 Å². The topological polar surface area (TPSA) is 105 Å². The van der Waals surface area contributed by atoms with Crippen LogP contribution in [-0.2, 0) is 4.79 Å². The minimum Gasteiger partial charge on any atom is -0.480 e. The molecule has 54 valence electrons. The molecule has 0 aromatic carbocycles. The number of carboxylic acids is 1. The van der Waals surface area contributed by atoms with Gasteiger partial charge in [-0.25, -0.2) is 0 Å². The quantitative estimate of drug-likeness (QED) is 0.485. The minimum absolute atomic E-state index is 0.229. The van der Waals surface area contributed by atoms with Crippen LogP contribution >= 0.6 is 0 Å². The molecule has 1 atom stereocenters. The lowest BCUT2D eigenvalue weighted by Crippen LogP contribution is -2.20. The van der Waals surface area contributed by atoms with E-state index in [1.807, 2.05) is 0 Å². The van der Waals surface area contributed by atoms with Gasteiger partial charge in [0.25, 0.3) is 0 Å². The number of nitrogens with one attached hydrogen (secondary N) is 1. The summed E-state index contributed by atoms with van der Waals surface area (Å²) in [5.41, 5.74) is 5.39. The van der Waals surface area contributed by atoms with Crippen LogP contribution < -0.4 is 5.73 Å². The van der Waals surface area contributed by atoms with Gasteiger partial charge in [-0.05, 0) is 0 Å². The third kappa shape index (κ3) is 1.11. The molecule has 6 nitrogen and oxygen atoms in total. The SMILES string of the molecule is NC(C(=O)O)c1cn[nH]n1.